The van der Waals surface area contributed by atoms with Crippen LogP contribution in [0.3, 0.4) is 0 Å². The quantitative estimate of drug-likeness (QED) is 0.775. The fraction of sp³-hybridized carbons (Fsp3) is 0.500. The van der Waals surface area contributed by atoms with Gasteiger partial charge in [0.1, 0.15) is 5.75 Å². The van der Waals surface area contributed by atoms with Gasteiger partial charge in [0, 0.05) is 12.1 Å². The van der Waals surface area contributed by atoms with E-state index >= 15 is 0 Å². The van der Waals surface area contributed by atoms with Crippen LogP contribution in [0, 0.1) is 0 Å². The highest BCUT2D eigenvalue weighted by Crippen LogP contribution is 2.25. The van der Waals surface area contributed by atoms with Crippen LogP contribution >= 0.6 is 0 Å². The highest BCUT2D eigenvalue weighted by atomic mass is 16.5. The van der Waals surface area contributed by atoms with Crippen molar-refractivity contribution in [1.82, 2.24) is 4.90 Å². The number of ether oxygens (including phenoxy) is 1. The topological polar surface area (TPSA) is 58.7 Å². The summed E-state index contributed by atoms with van der Waals surface area (Å²) in [5, 5.41) is 9.09. The summed E-state index contributed by atoms with van der Waals surface area (Å²) in [7, 11) is 5.63. The van der Waals surface area contributed by atoms with Crippen LogP contribution < -0.4 is 10.5 Å². The Kier molecular flexibility index (Phi) is 4.73. The molecule has 0 aromatic heterocycles. The van der Waals surface area contributed by atoms with Crippen molar-refractivity contribution in [2.75, 3.05) is 27.8 Å². The van der Waals surface area contributed by atoms with E-state index in [1.54, 1.807) is 7.11 Å². The van der Waals surface area contributed by atoms with Gasteiger partial charge in [0.15, 0.2) is 0 Å². The van der Waals surface area contributed by atoms with Gasteiger partial charge in [-0.3, -0.25) is 0 Å². The second-order valence-corrected chi connectivity index (χ2v) is 4.10. The number of hydrogen-bond donors (Lipinski definition) is 2. The van der Waals surface area contributed by atoms with E-state index in [2.05, 4.69) is 4.90 Å². The fourth-order valence-corrected chi connectivity index (χ4v) is 1.64. The Morgan fingerprint density at radius 1 is 1.44 bits per heavy atom. The monoisotopic (exact) mass is 224 g/mol. The van der Waals surface area contributed by atoms with Gasteiger partial charge < -0.3 is 20.5 Å². The number of aliphatic hydroxyl groups excluding tert-OH is 1. The molecule has 0 heterocycles. The van der Waals surface area contributed by atoms with Gasteiger partial charge in [-0.05, 0) is 31.8 Å². The zero-order valence-electron chi connectivity index (χ0n) is 10.1. The molecule has 0 saturated heterocycles. The van der Waals surface area contributed by atoms with Crippen molar-refractivity contribution in [2.45, 2.75) is 12.6 Å². The van der Waals surface area contributed by atoms with Crippen LogP contribution in [0.25, 0.3) is 0 Å². The normalized spacial score (nSPS) is 12.9. The Balaban J connectivity index is 3.01. The molecule has 0 saturated carbocycles. The lowest BCUT2D eigenvalue weighted by Crippen LogP contribution is -2.17. The largest absolute Gasteiger partial charge is 0.496 e. The highest BCUT2D eigenvalue weighted by Gasteiger charge is 2.11. The lowest BCUT2D eigenvalue weighted by molar-refractivity contribution is 0.264. The van der Waals surface area contributed by atoms with Crippen molar-refractivity contribution < 1.29 is 9.84 Å². The maximum Gasteiger partial charge on any atom is 0.123 e. The number of nitrogens with zero attached hydrogens (tertiary/aromatic N) is 1. The molecule has 1 aromatic rings. The third kappa shape index (κ3) is 3.20. The number of rotatable bonds is 5. The molecule has 1 rings (SSSR count). The summed E-state index contributed by atoms with van der Waals surface area (Å²) < 4.78 is 5.22. The first-order valence-electron chi connectivity index (χ1n) is 5.26. The molecule has 0 aliphatic carbocycles. The Bertz CT molecular complexity index is 340. The maximum absolute atomic E-state index is 9.09. The van der Waals surface area contributed by atoms with E-state index in [1.807, 2.05) is 32.3 Å². The minimum atomic E-state index is -0.392. The van der Waals surface area contributed by atoms with Gasteiger partial charge >= 0.3 is 0 Å². The average molecular weight is 224 g/mol. The number of aliphatic hydroxyl groups is 1. The SMILES string of the molecule is COc1ccc(CN(C)C)cc1C(N)CO. The molecule has 0 bridgehead atoms. The number of benzene rings is 1. The van der Waals surface area contributed by atoms with E-state index in [1.165, 1.54) is 0 Å². The second kappa shape index (κ2) is 5.84. The fourth-order valence-electron chi connectivity index (χ4n) is 1.64. The molecule has 1 unspecified atom stereocenters. The van der Waals surface area contributed by atoms with Gasteiger partial charge in [-0.15, -0.1) is 0 Å². The molecule has 0 radical (unpaired) electrons. The van der Waals surface area contributed by atoms with E-state index in [0.717, 1.165) is 23.4 Å². The number of nitrogens with two attached hydrogens (primary N) is 1. The molecule has 0 amide bonds. The van der Waals surface area contributed by atoms with Crippen LogP contribution in [0.4, 0.5) is 0 Å². The molecule has 0 aliphatic rings. The zero-order valence-corrected chi connectivity index (χ0v) is 10.1. The molecule has 1 aromatic carbocycles. The lowest BCUT2D eigenvalue weighted by Gasteiger charge is -2.16. The van der Waals surface area contributed by atoms with E-state index in [-0.39, 0.29) is 6.61 Å². The average Bonchev–Trinajstić information content (AvgIpc) is 2.27. The lowest BCUT2D eigenvalue weighted by atomic mass is 10.0. The molecule has 3 N–H and O–H groups in total. The second-order valence-electron chi connectivity index (χ2n) is 4.10. The van der Waals surface area contributed by atoms with Gasteiger partial charge in [-0.25, -0.2) is 0 Å². The minimum Gasteiger partial charge on any atom is -0.496 e. The Morgan fingerprint density at radius 3 is 2.62 bits per heavy atom. The molecule has 0 spiro atoms. The molecular formula is C12H20N2O2. The first-order chi connectivity index (χ1) is 7.58. The third-order valence-corrected chi connectivity index (χ3v) is 2.39. The van der Waals surface area contributed by atoms with E-state index < -0.39 is 6.04 Å². The smallest absolute Gasteiger partial charge is 0.123 e. The van der Waals surface area contributed by atoms with Gasteiger partial charge in [0.25, 0.3) is 0 Å². The molecule has 90 valence electrons. The van der Waals surface area contributed by atoms with Crippen molar-refractivity contribution in [1.29, 1.82) is 0 Å². The first-order valence-corrected chi connectivity index (χ1v) is 5.26. The molecule has 1 atom stereocenters. The zero-order chi connectivity index (χ0) is 12.1. The Morgan fingerprint density at radius 2 is 2.12 bits per heavy atom. The van der Waals surface area contributed by atoms with E-state index in [4.69, 9.17) is 15.6 Å². The van der Waals surface area contributed by atoms with E-state index in [9.17, 15) is 0 Å². The standard InChI is InChI=1S/C12H20N2O2/c1-14(2)7-9-4-5-12(16-3)10(6-9)11(13)8-15/h4-6,11,15H,7-8,13H2,1-3H3. The summed E-state index contributed by atoms with van der Waals surface area (Å²) >= 11 is 0. The molecule has 4 nitrogen and oxygen atoms in total. The maximum atomic E-state index is 9.09. The van der Waals surface area contributed by atoms with Crippen LogP contribution in [-0.4, -0.2) is 37.8 Å². The summed E-state index contributed by atoms with van der Waals surface area (Å²) in [5.74, 6) is 0.726. The minimum absolute atomic E-state index is 0.0816. The molecule has 4 heteroatoms. The predicted molar refractivity (Wildman–Crippen MR) is 64.4 cm³/mol. The van der Waals surface area contributed by atoms with Crippen LogP contribution in [0.2, 0.25) is 0 Å². The highest BCUT2D eigenvalue weighted by molar-refractivity contribution is 5.39. The van der Waals surface area contributed by atoms with Crippen molar-refractivity contribution in [3.05, 3.63) is 29.3 Å². The third-order valence-electron chi connectivity index (χ3n) is 2.39. The number of hydrogen-bond acceptors (Lipinski definition) is 4. The van der Waals surface area contributed by atoms with Gasteiger partial charge in [0.05, 0.1) is 19.8 Å². The van der Waals surface area contributed by atoms with Crippen LogP contribution in [0.1, 0.15) is 17.2 Å². The van der Waals surface area contributed by atoms with Crippen molar-refractivity contribution in [3.63, 3.8) is 0 Å². The van der Waals surface area contributed by atoms with Gasteiger partial charge in [-0.2, -0.15) is 0 Å². The summed E-state index contributed by atoms with van der Waals surface area (Å²) in [5.41, 5.74) is 7.84. The summed E-state index contributed by atoms with van der Waals surface area (Å²) in [6.45, 7) is 0.761. The first kappa shape index (κ1) is 13.0. The number of methoxy groups -OCH3 is 1. The Hall–Kier alpha value is -1.10. The molecule has 0 fully saturated rings. The van der Waals surface area contributed by atoms with Crippen LogP contribution in [-0.2, 0) is 6.54 Å². The summed E-state index contributed by atoms with van der Waals surface area (Å²) in [4.78, 5) is 2.08. The predicted octanol–water partition coefficient (Wildman–Crippen LogP) is 0.749. The summed E-state index contributed by atoms with van der Waals surface area (Å²) in [6.07, 6.45) is 0. The summed E-state index contributed by atoms with van der Waals surface area (Å²) in [6, 6.07) is 5.49. The van der Waals surface area contributed by atoms with E-state index in [0.29, 0.717) is 0 Å². The Labute approximate surface area is 96.6 Å². The van der Waals surface area contributed by atoms with Crippen molar-refractivity contribution in [3.8, 4) is 5.75 Å². The van der Waals surface area contributed by atoms with Crippen molar-refractivity contribution in [2.24, 2.45) is 5.73 Å². The molecule has 0 aliphatic heterocycles. The van der Waals surface area contributed by atoms with Gasteiger partial charge in [0.2, 0.25) is 0 Å². The van der Waals surface area contributed by atoms with Crippen molar-refractivity contribution >= 4 is 0 Å². The molecule has 16 heavy (non-hydrogen) atoms. The van der Waals surface area contributed by atoms with Gasteiger partial charge in [-0.1, -0.05) is 6.07 Å². The van der Waals surface area contributed by atoms with Crippen LogP contribution in [0.15, 0.2) is 18.2 Å². The molecular weight excluding hydrogens is 204 g/mol. The van der Waals surface area contributed by atoms with Crippen LogP contribution in [0.5, 0.6) is 5.75 Å².